The van der Waals surface area contributed by atoms with Gasteiger partial charge in [0.05, 0.1) is 7.11 Å². The highest BCUT2D eigenvalue weighted by molar-refractivity contribution is 5.79. The topological polar surface area (TPSA) is 41.6 Å². The first-order valence-electron chi connectivity index (χ1n) is 5.37. The van der Waals surface area contributed by atoms with Gasteiger partial charge in [-0.25, -0.2) is 0 Å². The van der Waals surface area contributed by atoms with Crippen LogP contribution in [-0.2, 0) is 4.79 Å². The molecule has 4 heteroatoms. The van der Waals surface area contributed by atoms with Gasteiger partial charge >= 0.3 is 0 Å². The molecular weight excluding hydrogens is 204 g/mol. The Morgan fingerprint density at radius 2 is 2.31 bits per heavy atom. The molecule has 1 aliphatic rings. The Bertz CT molecular complexity index is 392. The summed E-state index contributed by atoms with van der Waals surface area (Å²) in [5, 5.41) is 3.32. The zero-order chi connectivity index (χ0) is 11.5. The molecule has 0 radical (unpaired) electrons. The van der Waals surface area contributed by atoms with Crippen LogP contribution in [0.15, 0.2) is 24.3 Å². The smallest absolute Gasteiger partial charge is 0.224 e. The molecule has 1 atom stereocenters. The summed E-state index contributed by atoms with van der Waals surface area (Å²) in [6.45, 7) is 0. The van der Waals surface area contributed by atoms with Crippen molar-refractivity contribution in [3.63, 3.8) is 0 Å². The lowest BCUT2D eigenvalue weighted by Crippen LogP contribution is -2.34. The summed E-state index contributed by atoms with van der Waals surface area (Å²) < 4.78 is 5.15. The van der Waals surface area contributed by atoms with Crippen molar-refractivity contribution in [1.82, 2.24) is 4.90 Å². The number of carbonyl (C=O) groups is 1. The van der Waals surface area contributed by atoms with Crippen LogP contribution < -0.4 is 10.1 Å². The van der Waals surface area contributed by atoms with Gasteiger partial charge in [0.25, 0.3) is 0 Å². The summed E-state index contributed by atoms with van der Waals surface area (Å²) in [6.07, 6.45) is 1.57. The third-order valence-corrected chi connectivity index (χ3v) is 2.90. The van der Waals surface area contributed by atoms with Crippen molar-refractivity contribution in [2.45, 2.75) is 19.0 Å². The van der Waals surface area contributed by atoms with Gasteiger partial charge < -0.3 is 15.0 Å². The van der Waals surface area contributed by atoms with Crippen molar-refractivity contribution in [1.29, 1.82) is 0 Å². The molecule has 1 aromatic rings. The molecule has 2 rings (SSSR count). The highest BCUT2D eigenvalue weighted by Gasteiger charge is 2.27. The van der Waals surface area contributed by atoms with E-state index in [1.54, 1.807) is 12.0 Å². The number of carbonyl (C=O) groups excluding carboxylic acids is 1. The highest BCUT2D eigenvalue weighted by atomic mass is 16.5. The van der Waals surface area contributed by atoms with E-state index in [0.29, 0.717) is 6.42 Å². The minimum atomic E-state index is 0.0969. The maximum absolute atomic E-state index is 11.4. The predicted octanol–water partition coefficient (Wildman–Crippen LogP) is 1.69. The molecule has 0 bridgehead atoms. The van der Waals surface area contributed by atoms with Crippen molar-refractivity contribution < 1.29 is 9.53 Å². The number of hydrogen-bond donors (Lipinski definition) is 1. The van der Waals surface area contributed by atoms with E-state index in [-0.39, 0.29) is 12.1 Å². The summed E-state index contributed by atoms with van der Waals surface area (Å²) in [6, 6.07) is 7.72. The van der Waals surface area contributed by atoms with Crippen LogP contribution in [0.4, 0.5) is 5.69 Å². The van der Waals surface area contributed by atoms with Gasteiger partial charge in [-0.2, -0.15) is 0 Å². The summed E-state index contributed by atoms with van der Waals surface area (Å²) in [7, 11) is 3.47. The molecule has 86 valence electrons. The first-order valence-corrected chi connectivity index (χ1v) is 5.37. The second kappa shape index (κ2) is 4.43. The van der Waals surface area contributed by atoms with Gasteiger partial charge in [-0.15, -0.1) is 0 Å². The molecule has 1 amide bonds. The Morgan fingerprint density at radius 3 is 2.94 bits per heavy atom. The van der Waals surface area contributed by atoms with Crippen LogP contribution in [0.1, 0.15) is 12.8 Å². The number of hydrogen-bond acceptors (Lipinski definition) is 3. The molecule has 0 unspecified atom stereocenters. The van der Waals surface area contributed by atoms with E-state index in [4.69, 9.17) is 4.74 Å². The normalized spacial score (nSPS) is 20.0. The maximum atomic E-state index is 11.4. The van der Waals surface area contributed by atoms with Crippen LogP contribution in [0.5, 0.6) is 5.75 Å². The number of ether oxygens (including phenoxy) is 1. The number of anilines is 1. The van der Waals surface area contributed by atoms with Crippen LogP contribution >= 0.6 is 0 Å². The Kier molecular flexibility index (Phi) is 2.99. The van der Waals surface area contributed by atoms with Crippen LogP contribution in [0.3, 0.4) is 0 Å². The Morgan fingerprint density at radius 1 is 1.50 bits per heavy atom. The summed E-state index contributed by atoms with van der Waals surface area (Å²) >= 11 is 0. The Labute approximate surface area is 95.2 Å². The molecule has 1 heterocycles. The molecule has 0 saturated carbocycles. The van der Waals surface area contributed by atoms with Crippen LogP contribution in [0.25, 0.3) is 0 Å². The predicted molar refractivity (Wildman–Crippen MR) is 62.4 cm³/mol. The molecule has 16 heavy (non-hydrogen) atoms. The van der Waals surface area contributed by atoms with Gasteiger partial charge in [-0.3, -0.25) is 4.79 Å². The van der Waals surface area contributed by atoms with E-state index < -0.39 is 0 Å². The van der Waals surface area contributed by atoms with Crippen molar-refractivity contribution in [3.05, 3.63) is 24.3 Å². The third kappa shape index (κ3) is 2.10. The van der Waals surface area contributed by atoms with Gasteiger partial charge in [0.15, 0.2) is 0 Å². The number of amides is 1. The van der Waals surface area contributed by atoms with Gasteiger partial charge in [-0.05, 0) is 18.6 Å². The lowest BCUT2D eigenvalue weighted by Gasteiger charge is -2.22. The van der Waals surface area contributed by atoms with E-state index >= 15 is 0 Å². The SMILES string of the molecule is COc1cccc(N[C@H]2CCC(=O)N2C)c1. The molecule has 1 aliphatic heterocycles. The molecule has 0 spiro atoms. The quantitative estimate of drug-likeness (QED) is 0.842. The fraction of sp³-hybridized carbons (Fsp3) is 0.417. The molecule has 1 fully saturated rings. The number of nitrogens with zero attached hydrogens (tertiary/aromatic N) is 1. The van der Waals surface area contributed by atoms with E-state index in [0.717, 1.165) is 17.9 Å². The summed E-state index contributed by atoms with van der Waals surface area (Å²) in [5.41, 5.74) is 0.978. The molecular formula is C12H16N2O2. The van der Waals surface area contributed by atoms with Crippen molar-refractivity contribution >= 4 is 11.6 Å². The van der Waals surface area contributed by atoms with Crippen molar-refractivity contribution in [2.24, 2.45) is 0 Å². The molecule has 1 N–H and O–H groups in total. The highest BCUT2D eigenvalue weighted by Crippen LogP contribution is 2.22. The van der Waals surface area contributed by atoms with Crippen molar-refractivity contribution in [3.8, 4) is 5.75 Å². The minimum Gasteiger partial charge on any atom is -0.497 e. The monoisotopic (exact) mass is 220 g/mol. The molecule has 0 aliphatic carbocycles. The lowest BCUT2D eigenvalue weighted by atomic mass is 10.2. The minimum absolute atomic E-state index is 0.0969. The van der Waals surface area contributed by atoms with Crippen LogP contribution in [-0.4, -0.2) is 31.1 Å². The Balaban J connectivity index is 2.06. The maximum Gasteiger partial charge on any atom is 0.224 e. The fourth-order valence-corrected chi connectivity index (χ4v) is 1.88. The average Bonchev–Trinajstić information content (AvgIpc) is 2.61. The molecule has 1 aromatic carbocycles. The number of benzene rings is 1. The van der Waals surface area contributed by atoms with E-state index in [2.05, 4.69) is 5.32 Å². The number of methoxy groups -OCH3 is 1. The number of rotatable bonds is 3. The number of nitrogens with one attached hydrogen (secondary N) is 1. The zero-order valence-electron chi connectivity index (χ0n) is 9.56. The van der Waals surface area contributed by atoms with Gasteiger partial charge in [0.1, 0.15) is 11.9 Å². The largest absolute Gasteiger partial charge is 0.497 e. The molecule has 1 saturated heterocycles. The van der Waals surface area contributed by atoms with E-state index in [1.807, 2.05) is 31.3 Å². The summed E-state index contributed by atoms with van der Waals surface area (Å²) in [4.78, 5) is 13.1. The van der Waals surface area contributed by atoms with E-state index in [1.165, 1.54) is 0 Å². The van der Waals surface area contributed by atoms with Gasteiger partial charge in [0, 0.05) is 25.2 Å². The second-order valence-electron chi connectivity index (χ2n) is 3.94. The van der Waals surface area contributed by atoms with Gasteiger partial charge in [0.2, 0.25) is 5.91 Å². The average molecular weight is 220 g/mol. The lowest BCUT2D eigenvalue weighted by molar-refractivity contribution is -0.127. The van der Waals surface area contributed by atoms with Crippen LogP contribution in [0.2, 0.25) is 0 Å². The first-order chi connectivity index (χ1) is 7.70. The third-order valence-electron chi connectivity index (χ3n) is 2.90. The van der Waals surface area contributed by atoms with Gasteiger partial charge in [-0.1, -0.05) is 6.07 Å². The Hall–Kier alpha value is -1.71. The number of likely N-dealkylation sites (tertiary alicyclic amines) is 1. The van der Waals surface area contributed by atoms with Crippen LogP contribution in [0, 0.1) is 0 Å². The molecule has 0 aromatic heterocycles. The summed E-state index contributed by atoms with van der Waals surface area (Å²) in [5.74, 6) is 1.01. The van der Waals surface area contributed by atoms with Crippen molar-refractivity contribution in [2.75, 3.05) is 19.5 Å². The molecule has 4 nitrogen and oxygen atoms in total. The second-order valence-corrected chi connectivity index (χ2v) is 3.94. The van der Waals surface area contributed by atoms with E-state index in [9.17, 15) is 4.79 Å². The zero-order valence-corrected chi connectivity index (χ0v) is 9.56. The first kappa shape index (κ1) is 10.8. The fourth-order valence-electron chi connectivity index (χ4n) is 1.88. The standard InChI is InChI=1S/C12H16N2O2/c1-14-11(6-7-12(14)15)13-9-4-3-5-10(8-9)16-2/h3-5,8,11,13H,6-7H2,1-2H3/t11-/m1/s1.